The summed E-state index contributed by atoms with van der Waals surface area (Å²) in [4.78, 5) is 12.9. The fourth-order valence-corrected chi connectivity index (χ4v) is 7.97. The van der Waals surface area contributed by atoms with E-state index in [9.17, 15) is 33.1 Å². The van der Waals surface area contributed by atoms with E-state index in [0.29, 0.717) is 13.0 Å². The van der Waals surface area contributed by atoms with Crippen LogP contribution in [-0.4, -0.2) is 97.5 Å². The maximum absolute atomic E-state index is 12.9. The van der Waals surface area contributed by atoms with Crippen LogP contribution < -0.4 is 0 Å². The lowest BCUT2D eigenvalue weighted by atomic mass is 9.99. The van der Waals surface area contributed by atoms with Crippen molar-refractivity contribution in [2.75, 3.05) is 26.4 Å². The van der Waals surface area contributed by atoms with Crippen LogP contribution in [0, 0.1) is 0 Å². The topological polar surface area (TPSA) is 178 Å². The first-order chi connectivity index (χ1) is 30.1. The number of aliphatic hydroxyl groups excluding tert-OH is 3. The van der Waals surface area contributed by atoms with Gasteiger partial charge in [-0.1, -0.05) is 166 Å². The van der Waals surface area contributed by atoms with Crippen LogP contribution in [0.2, 0.25) is 0 Å². The van der Waals surface area contributed by atoms with Gasteiger partial charge in [0, 0.05) is 13.0 Å². The van der Waals surface area contributed by atoms with Crippen LogP contribution in [0.5, 0.6) is 0 Å². The number of carbonyl (C=O) groups is 1. The smallest absolute Gasteiger partial charge is 0.397 e. The summed E-state index contributed by atoms with van der Waals surface area (Å²) >= 11 is 0. The second-order valence-electron chi connectivity index (χ2n) is 17.0. The Hall–Kier alpha value is -1.68. The molecule has 13 heteroatoms. The highest BCUT2D eigenvalue weighted by atomic mass is 32.3. The monoisotopic (exact) mass is 903 g/mol. The fraction of sp³-hybridized carbons (Fsp3) is 0.857. The van der Waals surface area contributed by atoms with E-state index in [1.165, 1.54) is 122 Å². The average molecular weight is 903 g/mol. The predicted molar refractivity (Wildman–Crippen MR) is 248 cm³/mol. The van der Waals surface area contributed by atoms with E-state index in [0.717, 1.165) is 57.8 Å². The molecule has 1 heterocycles. The number of aliphatic hydroxyl groups is 3. The molecule has 0 saturated carbocycles. The lowest BCUT2D eigenvalue weighted by Gasteiger charge is -2.41. The Morgan fingerprint density at radius 2 is 1.06 bits per heavy atom. The van der Waals surface area contributed by atoms with E-state index in [2.05, 4.69) is 54.5 Å². The molecule has 1 fully saturated rings. The standard InChI is InChI=1S/C49H90O12S/c1-3-5-7-9-11-13-15-17-19-21-23-25-27-29-31-33-35-37-39-57-41-43(42-58-49-47(53)48(61-62(54,55)56)46(52)44(40-50)60-49)59-45(51)38-36-34-32-30-28-26-24-22-20-18-16-14-12-10-8-6-4-2/h11,13,17-20,43-44,46-50,52-53H,3-10,12,14-16,21-42H2,1-2H3,(H,54,55,56)/b13-11-,19-17-,20-18-. The third kappa shape index (κ3) is 33.8. The summed E-state index contributed by atoms with van der Waals surface area (Å²) in [5.74, 6) is -0.405. The Kier molecular flexibility index (Phi) is 38.4. The van der Waals surface area contributed by atoms with Crippen LogP contribution in [0.4, 0.5) is 0 Å². The van der Waals surface area contributed by atoms with Gasteiger partial charge < -0.3 is 34.3 Å². The zero-order valence-electron chi connectivity index (χ0n) is 38.9. The number of carbonyl (C=O) groups excluding carboxylic acids is 1. The van der Waals surface area contributed by atoms with Crippen LogP contribution in [0.1, 0.15) is 206 Å². The van der Waals surface area contributed by atoms with Gasteiger partial charge in [0.2, 0.25) is 0 Å². The van der Waals surface area contributed by atoms with Crippen molar-refractivity contribution >= 4 is 16.4 Å². The van der Waals surface area contributed by atoms with Gasteiger partial charge in [0.05, 0.1) is 19.8 Å². The Morgan fingerprint density at radius 3 is 1.58 bits per heavy atom. The molecule has 0 aromatic rings. The van der Waals surface area contributed by atoms with Crippen molar-refractivity contribution in [3.8, 4) is 0 Å². The highest BCUT2D eigenvalue weighted by Crippen LogP contribution is 2.26. The lowest BCUT2D eigenvalue weighted by Crippen LogP contribution is -2.60. The van der Waals surface area contributed by atoms with E-state index in [1.54, 1.807) is 0 Å². The van der Waals surface area contributed by atoms with Crippen LogP contribution in [0.3, 0.4) is 0 Å². The minimum absolute atomic E-state index is 0.0312. The molecule has 12 nitrogen and oxygen atoms in total. The van der Waals surface area contributed by atoms with Gasteiger partial charge in [-0.2, -0.15) is 8.42 Å². The van der Waals surface area contributed by atoms with Gasteiger partial charge in [-0.05, 0) is 70.6 Å². The second-order valence-corrected chi connectivity index (χ2v) is 18.1. The number of rotatable bonds is 43. The molecular weight excluding hydrogens is 813 g/mol. The van der Waals surface area contributed by atoms with Crippen molar-refractivity contribution < 1.29 is 56.2 Å². The lowest BCUT2D eigenvalue weighted by molar-refractivity contribution is -0.301. The number of hydrogen-bond donors (Lipinski definition) is 4. The van der Waals surface area contributed by atoms with Crippen molar-refractivity contribution in [2.45, 2.75) is 243 Å². The molecular formula is C49H90O12S. The normalized spacial score (nSPS) is 20.3. The molecule has 0 amide bonds. The van der Waals surface area contributed by atoms with Gasteiger partial charge >= 0.3 is 16.4 Å². The molecule has 0 aromatic heterocycles. The largest absolute Gasteiger partial charge is 0.457 e. The average Bonchev–Trinajstić information content (AvgIpc) is 3.24. The van der Waals surface area contributed by atoms with Crippen LogP contribution in [0.15, 0.2) is 36.5 Å². The second kappa shape index (κ2) is 40.8. The van der Waals surface area contributed by atoms with Gasteiger partial charge in [-0.3, -0.25) is 9.35 Å². The number of hydrogen-bond acceptors (Lipinski definition) is 11. The van der Waals surface area contributed by atoms with E-state index >= 15 is 0 Å². The zero-order valence-corrected chi connectivity index (χ0v) is 39.7. The summed E-state index contributed by atoms with van der Waals surface area (Å²) in [7, 11) is -5.06. The summed E-state index contributed by atoms with van der Waals surface area (Å²) in [6.45, 7) is 3.96. The summed E-state index contributed by atoms with van der Waals surface area (Å²) in [5.41, 5.74) is 0. The molecule has 1 saturated heterocycles. The minimum atomic E-state index is -5.06. The summed E-state index contributed by atoms with van der Waals surface area (Å²) < 4.78 is 59.2. The van der Waals surface area contributed by atoms with Gasteiger partial charge in [-0.15, -0.1) is 0 Å². The van der Waals surface area contributed by atoms with Crippen molar-refractivity contribution in [2.24, 2.45) is 0 Å². The molecule has 364 valence electrons. The number of ether oxygens (including phenoxy) is 4. The minimum Gasteiger partial charge on any atom is -0.457 e. The first-order valence-electron chi connectivity index (χ1n) is 24.7. The third-order valence-corrected chi connectivity index (χ3v) is 11.7. The van der Waals surface area contributed by atoms with Crippen molar-refractivity contribution in [3.05, 3.63) is 36.5 Å². The number of unbranched alkanes of at least 4 members (excludes halogenated alkanes) is 24. The summed E-state index contributed by atoms with van der Waals surface area (Å²) in [6, 6.07) is 0. The van der Waals surface area contributed by atoms with E-state index in [1.807, 2.05) is 0 Å². The third-order valence-electron chi connectivity index (χ3n) is 11.2. The van der Waals surface area contributed by atoms with Crippen LogP contribution in [-0.2, 0) is 38.3 Å². The van der Waals surface area contributed by atoms with Crippen LogP contribution >= 0.6 is 0 Å². The quantitative estimate of drug-likeness (QED) is 0.0197. The zero-order chi connectivity index (χ0) is 45.4. The molecule has 0 aliphatic carbocycles. The fourth-order valence-electron chi connectivity index (χ4n) is 7.46. The van der Waals surface area contributed by atoms with Gasteiger partial charge in [0.25, 0.3) is 0 Å². The first-order valence-corrected chi connectivity index (χ1v) is 26.1. The van der Waals surface area contributed by atoms with E-state index < -0.39 is 59.8 Å². The molecule has 1 aliphatic heterocycles. The molecule has 1 rings (SSSR count). The molecule has 0 radical (unpaired) electrons. The molecule has 0 spiro atoms. The Morgan fingerprint density at radius 1 is 0.613 bits per heavy atom. The molecule has 0 bridgehead atoms. The predicted octanol–water partition coefficient (Wildman–Crippen LogP) is 11.0. The molecule has 6 atom stereocenters. The van der Waals surface area contributed by atoms with Crippen molar-refractivity contribution in [3.63, 3.8) is 0 Å². The molecule has 1 aliphatic rings. The summed E-state index contributed by atoms with van der Waals surface area (Å²) in [5, 5.41) is 30.7. The van der Waals surface area contributed by atoms with Gasteiger partial charge in [0.15, 0.2) is 6.29 Å². The molecule has 62 heavy (non-hydrogen) atoms. The SMILES string of the molecule is CCCCC/C=C\C/C=C\CCCCCCCCCCOCC(COC1OC(CO)C(O)C(OS(=O)(=O)O)C1O)OC(=O)CCCCCCCCC/C=C\CCCCCCCC. The molecule has 0 aromatic carbocycles. The summed E-state index contributed by atoms with van der Waals surface area (Å²) in [6.07, 6.45) is 38.8. The Bertz CT molecular complexity index is 1230. The van der Waals surface area contributed by atoms with Crippen molar-refractivity contribution in [1.29, 1.82) is 0 Å². The van der Waals surface area contributed by atoms with Gasteiger partial charge in [-0.25, -0.2) is 4.18 Å². The Balaban J connectivity index is 2.39. The van der Waals surface area contributed by atoms with E-state index in [-0.39, 0.29) is 19.6 Å². The number of esters is 1. The maximum Gasteiger partial charge on any atom is 0.397 e. The highest BCUT2D eigenvalue weighted by molar-refractivity contribution is 7.80. The highest BCUT2D eigenvalue weighted by Gasteiger charge is 2.48. The molecule has 6 unspecified atom stereocenters. The molecule has 4 N–H and O–H groups in total. The number of allylic oxidation sites excluding steroid dienone is 6. The Labute approximate surface area is 377 Å². The maximum atomic E-state index is 12.9. The van der Waals surface area contributed by atoms with Crippen molar-refractivity contribution in [1.82, 2.24) is 0 Å². The van der Waals surface area contributed by atoms with Crippen LogP contribution in [0.25, 0.3) is 0 Å². The van der Waals surface area contributed by atoms with Gasteiger partial charge in [0.1, 0.15) is 30.5 Å². The first kappa shape index (κ1) is 58.3. The van der Waals surface area contributed by atoms with E-state index in [4.69, 9.17) is 18.9 Å².